The van der Waals surface area contributed by atoms with Gasteiger partial charge >= 0.3 is 0 Å². The van der Waals surface area contributed by atoms with Crippen molar-refractivity contribution in [2.75, 3.05) is 12.4 Å². The highest BCUT2D eigenvalue weighted by Gasteiger charge is 2.29. The molecule has 3 unspecified atom stereocenters. The second-order valence-electron chi connectivity index (χ2n) is 4.24. The third kappa shape index (κ3) is 5.53. The fourth-order valence-electron chi connectivity index (χ4n) is 1.57. The molecule has 0 heterocycles. The molecule has 1 aromatic rings. The lowest BCUT2D eigenvalue weighted by atomic mass is 10.1. The Bertz CT molecular complexity index is 401. The lowest BCUT2D eigenvalue weighted by Crippen LogP contribution is -2.29. The highest BCUT2D eigenvalue weighted by atomic mass is 32.2. The second-order valence-corrected chi connectivity index (χ2v) is 5.31. The molecule has 0 aliphatic rings. The maximum atomic E-state index is 13.4. The highest BCUT2D eigenvalue weighted by Crippen LogP contribution is 2.21. The molecule has 0 bridgehead atoms. The zero-order valence-corrected chi connectivity index (χ0v) is 11.6. The Kier molecular flexibility index (Phi) is 7.65. The molecular formula is C14H16F4OS. The molecular weight excluding hydrogens is 292 g/mol. The zero-order chi connectivity index (χ0) is 15.0. The monoisotopic (exact) mass is 308 g/mol. The Hall–Kier alpha value is -1.04. The molecule has 0 radical (unpaired) electrons. The van der Waals surface area contributed by atoms with Crippen LogP contribution < -0.4 is 0 Å². The fraction of sp³-hybridized carbons (Fsp3) is 0.500. The summed E-state index contributed by atoms with van der Waals surface area (Å²) in [5.41, 5.74) is 0.477. The standard InChI is InChI=1S/C14H16F4OS/c15-8-6-11(16)13(18)12(17)7-9-20-14(19)10-4-2-1-3-5-10/h1-5,11-13H,6-9H2. The van der Waals surface area contributed by atoms with E-state index in [-0.39, 0.29) is 17.3 Å². The molecule has 20 heavy (non-hydrogen) atoms. The average molecular weight is 308 g/mol. The van der Waals surface area contributed by atoms with Gasteiger partial charge in [0.15, 0.2) is 6.17 Å². The maximum absolute atomic E-state index is 13.4. The number of benzene rings is 1. The molecule has 0 fully saturated rings. The molecule has 0 saturated heterocycles. The minimum atomic E-state index is -2.34. The van der Waals surface area contributed by atoms with Crippen LogP contribution in [0.1, 0.15) is 23.2 Å². The molecule has 0 N–H and O–H groups in total. The first-order chi connectivity index (χ1) is 9.56. The van der Waals surface area contributed by atoms with Crippen molar-refractivity contribution in [1.29, 1.82) is 0 Å². The first kappa shape index (κ1) is 17.0. The van der Waals surface area contributed by atoms with E-state index < -0.39 is 31.6 Å². The number of hydrogen-bond donors (Lipinski definition) is 0. The second kappa shape index (κ2) is 9.00. The molecule has 112 valence electrons. The van der Waals surface area contributed by atoms with E-state index in [0.29, 0.717) is 5.56 Å². The first-order valence-corrected chi connectivity index (χ1v) is 7.25. The number of alkyl halides is 4. The number of hydrogen-bond acceptors (Lipinski definition) is 2. The number of carbonyl (C=O) groups is 1. The summed E-state index contributed by atoms with van der Waals surface area (Å²) >= 11 is 0.858. The van der Waals surface area contributed by atoms with Crippen molar-refractivity contribution in [2.45, 2.75) is 31.4 Å². The topological polar surface area (TPSA) is 17.1 Å². The van der Waals surface area contributed by atoms with E-state index in [4.69, 9.17) is 0 Å². The van der Waals surface area contributed by atoms with Crippen LogP contribution in [-0.4, -0.2) is 36.1 Å². The lowest BCUT2D eigenvalue weighted by Gasteiger charge is -2.16. The Morgan fingerprint density at radius 2 is 1.65 bits per heavy atom. The number of halogens is 4. The van der Waals surface area contributed by atoms with Crippen LogP contribution >= 0.6 is 11.8 Å². The van der Waals surface area contributed by atoms with Gasteiger partial charge in [-0.2, -0.15) is 0 Å². The van der Waals surface area contributed by atoms with Gasteiger partial charge in [-0.05, 0) is 6.42 Å². The molecule has 1 aromatic carbocycles. The molecule has 0 aliphatic carbocycles. The largest absolute Gasteiger partial charge is 0.282 e. The van der Waals surface area contributed by atoms with Crippen LogP contribution in [0, 0.1) is 0 Å². The summed E-state index contributed by atoms with van der Waals surface area (Å²) in [6, 6.07) is 8.42. The minimum absolute atomic E-state index is 0.0532. The Balaban J connectivity index is 2.31. The summed E-state index contributed by atoms with van der Waals surface area (Å²) in [5.74, 6) is 0.0532. The molecule has 0 amide bonds. The Labute approximate surface area is 119 Å². The third-order valence-electron chi connectivity index (χ3n) is 2.71. The van der Waals surface area contributed by atoms with Gasteiger partial charge in [-0.1, -0.05) is 42.1 Å². The smallest absolute Gasteiger partial charge is 0.219 e. The normalized spacial score (nSPS) is 15.6. The highest BCUT2D eigenvalue weighted by molar-refractivity contribution is 8.14. The summed E-state index contributed by atoms with van der Waals surface area (Å²) in [4.78, 5) is 11.7. The van der Waals surface area contributed by atoms with Crippen LogP contribution in [0.15, 0.2) is 30.3 Å². The lowest BCUT2D eigenvalue weighted by molar-refractivity contribution is 0.0720. The van der Waals surface area contributed by atoms with Gasteiger partial charge in [0.2, 0.25) is 5.12 Å². The van der Waals surface area contributed by atoms with E-state index in [1.54, 1.807) is 30.3 Å². The van der Waals surface area contributed by atoms with Gasteiger partial charge in [-0.15, -0.1) is 0 Å². The molecule has 0 aromatic heterocycles. The zero-order valence-electron chi connectivity index (χ0n) is 10.8. The van der Waals surface area contributed by atoms with Crippen LogP contribution in [0.4, 0.5) is 17.6 Å². The molecule has 6 heteroatoms. The van der Waals surface area contributed by atoms with Gasteiger partial charge in [0.05, 0.1) is 6.67 Å². The summed E-state index contributed by atoms with van der Waals surface area (Å²) < 4.78 is 51.4. The first-order valence-electron chi connectivity index (χ1n) is 6.26. The number of carbonyl (C=O) groups excluding carboxylic acids is 1. The molecule has 1 nitrogen and oxygen atoms in total. The van der Waals surface area contributed by atoms with E-state index in [1.165, 1.54) is 0 Å². The van der Waals surface area contributed by atoms with Crippen molar-refractivity contribution in [3.8, 4) is 0 Å². The van der Waals surface area contributed by atoms with Crippen molar-refractivity contribution in [3.63, 3.8) is 0 Å². The molecule has 3 atom stereocenters. The van der Waals surface area contributed by atoms with Crippen LogP contribution in [0.5, 0.6) is 0 Å². The molecule has 0 aliphatic heterocycles. The van der Waals surface area contributed by atoms with Crippen LogP contribution in [0.25, 0.3) is 0 Å². The summed E-state index contributed by atoms with van der Waals surface area (Å²) in [5, 5.41) is -0.242. The number of rotatable bonds is 8. The maximum Gasteiger partial charge on any atom is 0.219 e. The summed E-state index contributed by atoms with van der Waals surface area (Å²) in [6.07, 6.45) is -7.41. The van der Waals surface area contributed by atoms with Crippen molar-refractivity contribution >= 4 is 16.9 Å². The van der Waals surface area contributed by atoms with E-state index in [2.05, 4.69) is 0 Å². The molecule has 1 rings (SSSR count). The van der Waals surface area contributed by atoms with E-state index in [9.17, 15) is 22.4 Å². The molecule has 0 spiro atoms. The van der Waals surface area contributed by atoms with Crippen molar-refractivity contribution < 1.29 is 22.4 Å². The quantitative estimate of drug-likeness (QED) is 0.665. The minimum Gasteiger partial charge on any atom is -0.282 e. The van der Waals surface area contributed by atoms with Gasteiger partial charge in [-0.25, -0.2) is 13.2 Å². The SMILES string of the molecule is O=C(SCCC(F)C(F)C(F)CCF)c1ccccc1. The van der Waals surface area contributed by atoms with E-state index in [0.717, 1.165) is 11.8 Å². The van der Waals surface area contributed by atoms with Crippen molar-refractivity contribution in [2.24, 2.45) is 0 Å². The van der Waals surface area contributed by atoms with Crippen LogP contribution in [0.3, 0.4) is 0 Å². The van der Waals surface area contributed by atoms with Crippen LogP contribution in [0.2, 0.25) is 0 Å². The van der Waals surface area contributed by atoms with Crippen LogP contribution in [-0.2, 0) is 0 Å². The Morgan fingerprint density at radius 1 is 1.05 bits per heavy atom. The van der Waals surface area contributed by atoms with Gasteiger partial charge in [-0.3, -0.25) is 9.18 Å². The average Bonchev–Trinajstić information content (AvgIpc) is 2.47. The van der Waals surface area contributed by atoms with Crippen molar-refractivity contribution in [3.05, 3.63) is 35.9 Å². The van der Waals surface area contributed by atoms with E-state index in [1.807, 2.05) is 0 Å². The van der Waals surface area contributed by atoms with Crippen molar-refractivity contribution in [1.82, 2.24) is 0 Å². The summed E-state index contributed by atoms with van der Waals surface area (Å²) in [6.45, 7) is -1.02. The third-order valence-corrected chi connectivity index (χ3v) is 3.65. The Morgan fingerprint density at radius 3 is 2.25 bits per heavy atom. The number of thioether (sulfide) groups is 1. The van der Waals surface area contributed by atoms with Gasteiger partial charge in [0.1, 0.15) is 12.3 Å². The predicted molar refractivity (Wildman–Crippen MR) is 73.1 cm³/mol. The summed E-state index contributed by atoms with van der Waals surface area (Å²) in [7, 11) is 0. The fourth-order valence-corrected chi connectivity index (χ4v) is 2.40. The van der Waals surface area contributed by atoms with E-state index >= 15 is 0 Å². The van der Waals surface area contributed by atoms with Gasteiger partial charge in [0, 0.05) is 17.7 Å². The molecule has 0 saturated carbocycles. The van der Waals surface area contributed by atoms with Gasteiger partial charge < -0.3 is 0 Å². The predicted octanol–water partition coefficient (Wildman–Crippen LogP) is 4.32. The van der Waals surface area contributed by atoms with Gasteiger partial charge in [0.25, 0.3) is 0 Å².